The molecule has 6 rings (SSSR count). The number of nitrogens with zero attached hydrogens (tertiary/aromatic N) is 2. The Morgan fingerprint density at radius 1 is 1.07 bits per heavy atom. The van der Waals surface area contributed by atoms with Crippen LogP contribution in [0.3, 0.4) is 0 Å². The normalized spacial score (nSPS) is 23.5. The van der Waals surface area contributed by atoms with Crippen molar-refractivity contribution in [1.82, 2.24) is 4.31 Å². The number of rotatable bonds is 6. The monoisotopic (exact) mass is 614 g/mol. The maximum Gasteiger partial charge on any atom is 0.348 e. The molecule has 3 aliphatic rings. The van der Waals surface area contributed by atoms with Crippen molar-refractivity contribution in [3.05, 3.63) is 59.2 Å². The van der Waals surface area contributed by atoms with Crippen molar-refractivity contribution < 1.29 is 28.1 Å². The number of carbonyl (C=O) groups is 1. The molecule has 3 aromatic rings. The molecule has 2 aliphatic carbocycles. The SMILES string of the molecule is CN1C(C2CCCCC2)CN(c2ccccc2)c2cc(OC3CC(C)(C)C3)c(-c3cc(F)c(C(=O)O)s3)cc2S1(O)O. The number of hydrogen-bond acceptors (Lipinski definition) is 7. The molecule has 1 atom stereocenters. The highest BCUT2D eigenvalue weighted by atomic mass is 32.3. The van der Waals surface area contributed by atoms with E-state index in [9.17, 15) is 23.4 Å². The van der Waals surface area contributed by atoms with E-state index in [0.717, 1.165) is 55.5 Å². The summed E-state index contributed by atoms with van der Waals surface area (Å²) in [5, 5.41) is 9.56. The second-order valence-electron chi connectivity index (χ2n) is 12.7. The lowest BCUT2D eigenvalue weighted by Gasteiger charge is -2.46. The molecule has 0 spiro atoms. The summed E-state index contributed by atoms with van der Waals surface area (Å²) in [5.74, 6) is -1.36. The topological polar surface area (TPSA) is 93.5 Å². The summed E-state index contributed by atoms with van der Waals surface area (Å²) in [6.45, 7) is 4.94. The molecule has 1 aromatic heterocycles. The zero-order valence-electron chi connectivity index (χ0n) is 24.3. The van der Waals surface area contributed by atoms with Crippen molar-refractivity contribution in [2.24, 2.45) is 11.3 Å². The highest BCUT2D eigenvalue weighted by Gasteiger charge is 2.43. The maximum atomic E-state index is 14.8. The zero-order valence-corrected chi connectivity index (χ0v) is 25.9. The fourth-order valence-corrected chi connectivity index (χ4v) is 9.46. The van der Waals surface area contributed by atoms with Gasteiger partial charge in [0, 0.05) is 41.8 Å². The second-order valence-corrected chi connectivity index (χ2v) is 15.8. The fourth-order valence-electron chi connectivity index (χ4n) is 6.91. The molecule has 7 nitrogen and oxygen atoms in total. The van der Waals surface area contributed by atoms with Crippen molar-refractivity contribution in [2.75, 3.05) is 18.5 Å². The molecule has 2 saturated carbocycles. The number of benzene rings is 2. The molecular weight excluding hydrogens is 575 g/mol. The first-order valence-electron chi connectivity index (χ1n) is 14.7. The minimum absolute atomic E-state index is 0.0467. The van der Waals surface area contributed by atoms with Gasteiger partial charge < -0.3 is 14.7 Å². The van der Waals surface area contributed by atoms with Gasteiger partial charge in [0.15, 0.2) is 0 Å². The van der Waals surface area contributed by atoms with E-state index in [1.165, 1.54) is 12.5 Å². The van der Waals surface area contributed by atoms with Gasteiger partial charge in [0.25, 0.3) is 0 Å². The van der Waals surface area contributed by atoms with Crippen LogP contribution in [0.15, 0.2) is 53.4 Å². The number of likely N-dealkylation sites (N-methyl/N-ethyl adjacent to an activating group) is 1. The first-order chi connectivity index (χ1) is 19.9. The van der Waals surface area contributed by atoms with Gasteiger partial charge in [-0.25, -0.2) is 9.18 Å². The average molecular weight is 615 g/mol. The van der Waals surface area contributed by atoms with Crippen LogP contribution in [0.4, 0.5) is 15.8 Å². The molecule has 2 heterocycles. The molecule has 0 radical (unpaired) electrons. The molecule has 1 aliphatic heterocycles. The first-order valence-corrected chi connectivity index (χ1v) is 17.0. The van der Waals surface area contributed by atoms with Gasteiger partial charge in [0.1, 0.15) is 16.4 Å². The lowest BCUT2D eigenvalue weighted by atomic mass is 9.70. The number of para-hydroxylation sites is 1. The molecule has 2 fully saturated rings. The Balaban J connectivity index is 1.54. The Hall–Kier alpha value is -2.63. The quantitative estimate of drug-likeness (QED) is 0.255. The number of hydrogen-bond donors (Lipinski definition) is 3. The van der Waals surface area contributed by atoms with Gasteiger partial charge in [0.2, 0.25) is 0 Å². The van der Waals surface area contributed by atoms with Gasteiger partial charge in [-0.15, -0.1) is 22.1 Å². The number of fused-ring (bicyclic) bond motifs is 1. The van der Waals surface area contributed by atoms with Crippen LogP contribution in [-0.2, 0) is 0 Å². The molecule has 2 aromatic carbocycles. The number of thiophene rings is 1. The molecular formula is C32H39FN2O5S2. The van der Waals surface area contributed by atoms with E-state index >= 15 is 0 Å². The minimum Gasteiger partial charge on any atom is -0.490 e. The van der Waals surface area contributed by atoms with Crippen LogP contribution >= 0.6 is 22.1 Å². The predicted octanol–water partition coefficient (Wildman–Crippen LogP) is 8.88. The smallest absolute Gasteiger partial charge is 0.348 e. The number of carboxylic acid groups (broad SMARTS) is 1. The van der Waals surface area contributed by atoms with E-state index in [0.29, 0.717) is 39.2 Å². The lowest BCUT2D eigenvalue weighted by molar-refractivity contribution is 0.0109. The molecule has 1 unspecified atom stereocenters. The van der Waals surface area contributed by atoms with Gasteiger partial charge in [0.05, 0.1) is 16.7 Å². The van der Waals surface area contributed by atoms with Crippen LogP contribution in [0.25, 0.3) is 10.4 Å². The van der Waals surface area contributed by atoms with Gasteiger partial charge in [-0.3, -0.25) is 9.11 Å². The zero-order chi connectivity index (χ0) is 29.8. The summed E-state index contributed by atoms with van der Waals surface area (Å²) >= 11 is 0.829. The standard InChI is InChI=1S/C32H39FN2O5S2/c1-32(2)17-22(18-32)40-27-16-25-29(14-23(27)28-15-24(33)30(41-28)31(36)37)42(38,39)34(3)26(20-10-6-4-7-11-20)19-35(25)21-12-8-5-9-13-21/h5,8-9,12-16,20,22,26,38-39H,4,6-7,10-11,17-19H2,1-3H3,(H,36,37). The van der Waals surface area contributed by atoms with E-state index in [-0.39, 0.29) is 22.4 Å². The first kappa shape index (κ1) is 29.4. The summed E-state index contributed by atoms with van der Waals surface area (Å²) in [4.78, 5) is 14.2. The largest absolute Gasteiger partial charge is 0.490 e. The van der Waals surface area contributed by atoms with Crippen molar-refractivity contribution in [1.29, 1.82) is 0 Å². The number of aromatic carboxylic acids is 1. The molecule has 0 amide bonds. The highest BCUT2D eigenvalue weighted by Crippen LogP contribution is 2.61. The Kier molecular flexibility index (Phi) is 7.81. The second kappa shape index (κ2) is 11.1. The van der Waals surface area contributed by atoms with Crippen molar-refractivity contribution in [3.8, 4) is 16.2 Å². The van der Waals surface area contributed by atoms with Crippen LogP contribution in [0.5, 0.6) is 5.75 Å². The molecule has 42 heavy (non-hydrogen) atoms. The molecule has 0 bridgehead atoms. The lowest BCUT2D eigenvalue weighted by Crippen LogP contribution is -2.45. The van der Waals surface area contributed by atoms with Gasteiger partial charge in [-0.05, 0) is 61.3 Å². The number of ether oxygens (including phenoxy) is 1. The molecule has 10 heteroatoms. The number of anilines is 2. The highest BCUT2D eigenvalue weighted by molar-refractivity contribution is 8.22. The van der Waals surface area contributed by atoms with Crippen molar-refractivity contribution in [2.45, 2.75) is 75.8 Å². The number of halogens is 1. The molecule has 3 N–H and O–H groups in total. The van der Waals surface area contributed by atoms with E-state index in [1.54, 1.807) is 17.4 Å². The summed E-state index contributed by atoms with van der Waals surface area (Å²) in [6.07, 6.45) is 7.18. The summed E-state index contributed by atoms with van der Waals surface area (Å²) in [7, 11) is -1.68. The molecule has 0 saturated heterocycles. The number of carboxylic acids is 1. The Bertz CT molecular complexity index is 1460. The van der Waals surface area contributed by atoms with Gasteiger partial charge in [-0.1, -0.05) is 51.3 Å². The van der Waals surface area contributed by atoms with E-state index in [1.807, 2.05) is 36.4 Å². The van der Waals surface area contributed by atoms with Gasteiger partial charge in [-0.2, -0.15) is 4.31 Å². The maximum absolute atomic E-state index is 14.8. The summed E-state index contributed by atoms with van der Waals surface area (Å²) < 4.78 is 47.0. The Labute approximate surface area is 252 Å². The minimum atomic E-state index is -3.47. The third-order valence-electron chi connectivity index (χ3n) is 9.15. The average Bonchev–Trinajstić information content (AvgIpc) is 3.31. The molecule has 226 valence electrons. The van der Waals surface area contributed by atoms with Crippen LogP contribution in [0.1, 0.15) is 68.5 Å². The summed E-state index contributed by atoms with van der Waals surface area (Å²) in [5.41, 5.74) is 2.19. The Morgan fingerprint density at radius 3 is 2.38 bits per heavy atom. The van der Waals surface area contributed by atoms with E-state index in [4.69, 9.17) is 4.74 Å². The van der Waals surface area contributed by atoms with Crippen molar-refractivity contribution >= 4 is 39.5 Å². The van der Waals surface area contributed by atoms with Crippen LogP contribution < -0.4 is 9.64 Å². The predicted molar refractivity (Wildman–Crippen MR) is 167 cm³/mol. The van der Waals surface area contributed by atoms with Crippen LogP contribution in [-0.4, -0.2) is 50.2 Å². The van der Waals surface area contributed by atoms with Crippen LogP contribution in [0.2, 0.25) is 0 Å². The van der Waals surface area contributed by atoms with E-state index < -0.39 is 22.6 Å². The third kappa shape index (κ3) is 5.43. The van der Waals surface area contributed by atoms with E-state index in [2.05, 4.69) is 18.7 Å². The van der Waals surface area contributed by atoms with Crippen molar-refractivity contribution in [3.63, 3.8) is 0 Å². The van der Waals surface area contributed by atoms with Gasteiger partial charge >= 0.3 is 5.97 Å². The Morgan fingerprint density at radius 2 is 1.76 bits per heavy atom. The van der Waals surface area contributed by atoms with Crippen LogP contribution in [0, 0.1) is 17.2 Å². The summed E-state index contributed by atoms with van der Waals surface area (Å²) in [6, 6.07) is 14.6. The fraction of sp³-hybridized carbons (Fsp3) is 0.469. The third-order valence-corrected chi connectivity index (χ3v) is 12.3.